The third-order valence-corrected chi connectivity index (χ3v) is 4.50. The van der Waals surface area contributed by atoms with Gasteiger partial charge in [0.25, 0.3) is 0 Å². The molecule has 0 spiro atoms. The minimum Gasteiger partial charge on any atom is -0.363 e. The Hall–Kier alpha value is -1.82. The van der Waals surface area contributed by atoms with Crippen molar-refractivity contribution in [3.63, 3.8) is 0 Å². The van der Waals surface area contributed by atoms with Gasteiger partial charge in [0.05, 0.1) is 6.04 Å². The van der Waals surface area contributed by atoms with Crippen LogP contribution < -0.4 is 10.2 Å². The zero-order valence-corrected chi connectivity index (χ0v) is 12.9. The highest BCUT2D eigenvalue weighted by Gasteiger charge is 2.13. The van der Waals surface area contributed by atoms with E-state index in [2.05, 4.69) is 32.1 Å². The molecule has 1 aliphatic heterocycles. The molecule has 0 radical (unpaired) electrons. The van der Waals surface area contributed by atoms with Crippen molar-refractivity contribution in [2.24, 2.45) is 0 Å². The molecule has 1 saturated heterocycles. The summed E-state index contributed by atoms with van der Waals surface area (Å²) in [6.45, 7) is 4.23. The first kappa shape index (κ1) is 14.1. The molecule has 3 rings (SSSR count). The summed E-state index contributed by atoms with van der Waals surface area (Å²) in [5.74, 6) is 4.21. The van der Waals surface area contributed by atoms with Gasteiger partial charge in [-0.3, -0.25) is 4.98 Å². The van der Waals surface area contributed by atoms with Gasteiger partial charge in [-0.15, -0.1) is 0 Å². The van der Waals surface area contributed by atoms with Crippen LogP contribution in [-0.2, 0) is 0 Å². The van der Waals surface area contributed by atoms with Crippen molar-refractivity contribution in [1.82, 2.24) is 15.0 Å². The number of thioether (sulfide) groups is 1. The lowest BCUT2D eigenvalue weighted by molar-refractivity contribution is 0.828. The van der Waals surface area contributed by atoms with Crippen LogP contribution in [0.15, 0.2) is 36.9 Å². The second-order valence-corrected chi connectivity index (χ2v) is 6.23. The van der Waals surface area contributed by atoms with Crippen molar-refractivity contribution in [2.75, 3.05) is 34.8 Å². The van der Waals surface area contributed by atoms with E-state index < -0.39 is 0 Å². The highest BCUT2D eigenvalue weighted by Crippen LogP contribution is 2.21. The molecule has 1 aliphatic rings. The molecule has 0 bridgehead atoms. The lowest BCUT2D eigenvalue weighted by Gasteiger charge is -2.27. The van der Waals surface area contributed by atoms with Crippen LogP contribution in [0.2, 0.25) is 0 Å². The standard InChI is InChI=1S/C15H19N5S/c1-12(13-2-4-16-5-3-13)19-14-10-15(18-11-17-14)20-6-8-21-9-7-20/h2-5,10-12H,6-9H2,1H3,(H,17,18,19). The fraction of sp³-hybridized carbons (Fsp3) is 0.400. The zero-order valence-electron chi connectivity index (χ0n) is 12.1. The molecule has 0 aromatic carbocycles. The van der Waals surface area contributed by atoms with E-state index in [0.717, 1.165) is 24.7 Å². The molecule has 1 unspecified atom stereocenters. The van der Waals surface area contributed by atoms with Crippen molar-refractivity contribution in [3.8, 4) is 0 Å². The lowest BCUT2D eigenvalue weighted by Crippen LogP contribution is -2.33. The van der Waals surface area contributed by atoms with E-state index in [1.165, 1.54) is 17.1 Å². The van der Waals surface area contributed by atoms with Gasteiger partial charge in [-0.2, -0.15) is 11.8 Å². The van der Waals surface area contributed by atoms with Gasteiger partial charge in [0.1, 0.15) is 18.0 Å². The monoisotopic (exact) mass is 301 g/mol. The predicted molar refractivity (Wildman–Crippen MR) is 87.8 cm³/mol. The molecule has 2 aromatic rings. The van der Waals surface area contributed by atoms with Crippen LogP contribution in [0.4, 0.5) is 11.6 Å². The normalized spacial score (nSPS) is 16.5. The van der Waals surface area contributed by atoms with Crippen LogP contribution in [0.25, 0.3) is 0 Å². The summed E-state index contributed by atoms with van der Waals surface area (Å²) in [7, 11) is 0. The lowest BCUT2D eigenvalue weighted by atomic mass is 10.1. The Labute approximate surface area is 129 Å². The molecule has 110 valence electrons. The summed E-state index contributed by atoms with van der Waals surface area (Å²) in [6, 6.07) is 6.25. The number of nitrogens with one attached hydrogen (secondary N) is 1. The topological polar surface area (TPSA) is 53.9 Å². The van der Waals surface area contributed by atoms with Crippen LogP contribution in [0.5, 0.6) is 0 Å². The maximum atomic E-state index is 4.40. The molecule has 0 aliphatic carbocycles. The van der Waals surface area contributed by atoms with Crippen LogP contribution in [0, 0.1) is 0 Å². The number of hydrogen-bond donors (Lipinski definition) is 1. The van der Waals surface area contributed by atoms with Crippen LogP contribution in [-0.4, -0.2) is 39.5 Å². The van der Waals surface area contributed by atoms with E-state index in [9.17, 15) is 0 Å². The number of aromatic nitrogens is 3. The van der Waals surface area contributed by atoms with Crippen LogP contribution in [0.3, 0.4) is 0 Å². The summed E-state index contributed by atoms with van der Waals surface area (Å²) in [6.07, 6.45) is 5.26. The average Bonchev–Trinajstić information content (AvgIpc) is 2.57. The van der Waals surface area contributed by atoms with Gasteiger partial charge in [0, 0.05) is 43.1 Å². The second-order valence-electron chi connectivity index (χ2n) is 5.01. The molecular formula is C15H19N5S. The number of anilines is 2. The van der Waals surface area contributed by atoms with E-state index in [1.807, 2.05) is 42.4 Å². The average molecular weight is 301 g/mol. The van der Waals surface area contributed by atoms with Gasteiger partial charge in [0.15, 0.2) is 0 Å². The Morgan fingerprint density at radius 2 is 1.95 bits per heavy atom. The summed E-state index contributed by atoms with van der Waals surface area (Å²) in [5.41, 5.74) is 1.19. The molecule has 3 heterocycles. The molecule has 1 atom stereocenters. The Morgan fingerprint density at radius 3 is 2.71 bits per heavy atom. The summed E-state index contributed by atoms with van der Waals surface area (Å²) in [4.78, 5) is 15.1. The minimum atomic E-state index is 0.188. The molecule has 1 N–H and O–H groups in total. The number of pyridine rings is 1. The molecule has 0 saturated carbocycles. The maximum absolute atomic E-state index is 4.40. The smallest absolute Gasteiger partial charge is 0.134 e. The van der Waals surface area contributed by atoms with E-state index in [1.54, 1.807) is 6.33 Å². The Kier molecular flexibility index (Phi) is 4.55. The van der Waals surface area contributed by atoms with Gasteiger partial charge in [0.2, 0.25) is 0 Å². The third-order valence-electron chi connectivity index (χ3n) is 3.56. The van der Waals surface area contributed by atoms with E-state index >= 15 is 0 Å². The maximum Gasteiger partial charge on any atom is 0.134 e. The van der Waals surface area contributed by atoms with E-state index in [-0.39, 0.29) is 6.04 Å². The summed E-state index contributed by atoms with van der Waals surface area (Å²) >= 11 is 2.00. The molecule has 2 aromatic heterocycles. The highest BCUT2D eigenvalue weighted by molar-refractivity contribution is 7.99. The largest absolute Gasteiger partial charge is 0.363 e. The summed E-state index contributed by atoms with van der Waals surface area (Å²) < 4.78 is 0. The first-order valence-electron chi connectivity index (χ1n) is 7.14. The van der Waals surface area contributed by atoms with Crippen molar-refractivity contribution in [2.45, 2.75) is 13.0 Å². The predicted octanol–water partition coefficient (Wildman–Crippen LogP) is 2.60. The Bertz CT molecular complexity index is 571. The van der Waals surface area contributed by atoms with Gasteiger partial charge in [-0.25, -0.2) is 9.97 Å². The minimum absolute atomic E-state index is 0.188. The molecular weight excluding hydrogens is 282 g/mol. The molecule has 1 fully saturated rings. The van der Waals surface area contributed by atoms with Gasteiger partial charge < -0.3 is 10.2 Å². The fourth-order valence-corrected chi connectivity index (χ4v) is 3.25. The summed E-state index contributed by atoms with van der Waals surface area (Å²) in [5, 5.41) is 3.43. The van der Waals surface area contributed by atoms with Gasteiger partial charge in [-0.1, -0.05) is 0 Å². The second kappa shape index (κ2) is 6.76. The first-order valence-corrected chi connectivity index (χ1v) is 8.29. The third kappa shape index (κ3) is 3.64. The molecule has 21 heavy (non-hydrogen) atoms. The Balaban J connectivity index is 1.71. The van der Waals surface area contributed by atoms with E-state index in [0.29, 0.717) is 0 Å². The molecule has 6 heteroatoms. The number of hydrogen-bond acceptors (Lipinski definition) is 6. The number of rotatable bonds is 4. The van der Waals surface area contributed by atoms with Gasteiger partial charge in [-0.05, 0) is 24.6 Å². The van der Waals surface area contributed by atoms with Gasteiger partial charge >= 0.3 is 0 Å². The Morgan fingerprint density at radius 1 is 1.19 bits per heavy atom. The van der Waals surface area contributed by atoms with Crippen molar-refractivity contribution in [1.29, 1.82) is 0 Å². The molecule has 0 amide bonds. The SMILES string of the molecule is CC(Nc1cc(N2CCSCC2)ncn1)c1ccncc1. The van der Waals surface area contributed by atoms with Crippen molar-refractivity contribution in [3.05, 3.63) is 42.5 Å². The first-order chi connectivity index (χ1) is 10.3. The van der Waals surface area contributed by atoms with Crippen molar-refractivity contribution >= 4 is 23.4 Å². The zero-order chi connectivity index (χ0) is 14.5. The van der Waals surface area contributed by atoms with E-state index in [4.69, 9.17) is 0 Å². The van der Waals surface area contributed by atoms with Crippen LogP contribution in [0.1, 0.15) is 18.5 Å². The quantitative estimate of drug-likeness (QED) is 0.937. The molecule has 5 nitrogen and oxygen atoms in total. The number of nitrogens with zero attached hydrogens (tertiary/aromatic N) is 4. The highest BCUT2D eigenvalue weighted by atomic mass is 32.2. The van der Waals surface area contributed by atoms with Crippen LogP contribution >= 0.6 is 11.8 Å². The fourth-order valence-electron chi connectivity index (χ4n) is 2.35. The van der Waals surface area contributed by atoms with Crippen molar-refractivity contribution < 1.29 is 0 Å².